The van der Waals surface area contributed by atoms with Gasteiger partial charge in [0.25, 0.3) is 0 Å². The lowest BCUT2D eigenvalue weighted by Gasteiger charge is -2.31. The van der Waals surface area contributed by atoms with Gasteiger partial charge in [0.2, 0.25) is 11.2 Å². The van der Waals surface area contributed by atoms with Gasteiger partial charge in [-0.2, -0.15) is 9.97 Å². The molecule has 4 rings (SSSR count). The zero-order valence-electron chi connectivity index (χ0n) is 12.1. The highest BCUT2D eigenvalue weighted by atomic mass is 35.5. The summed E-state index contributed by atoms with van der Waals surface area (Å²) in [5.74, 6) is 0.500. The second-order valence-corrected chi connectivity index (χ2v) is 6.77. The molecule has 2 aliphatic heterocycles. The number of aromatic nitrogens is 3. The van der Waals surface area contributed by atoms with Crippen LogP contribution in [-0.4, -0.2) is 45.1 Å². The van der Waals surface area contributed by atoms with Crippen LogP contribution in [-0.2, 0) is 0 Å². The number of hydrogen-bond acceptors (Lipinski definition) is 5. The molecule has 0 bridgehead atoms. The van der Waals surface area contributed by atoms with Gasteiger partial charge < -0.3 is 4.74 Å². The van der Waals surface area contributed by atoms with Gasteiger partial charge in [-0.15, -0.1) is 0 Å². The summed E-state index contributed by atoms with van der Waals surface area (Å²) in [4.78, 5) is 15.0. The van der Waals surface area contributed by atoms with Gasteiger partial charge in [0.1, 0.15) is 6.61 Å². The van der Waals surface area contributed by atoms with Gasteiger partial charge in [-0.25, -0.2) is 4.98 Å². The highest BCUT2D eigenvalue weighted by molar-refractivity contribution is 6.35. The minimum Gasteiger partial charge on any atom is -0.476 e. The Kier molecular flexibility index (Phi) is 3.59. The van der Waals surface area contributed by atoms with E-state index in [9.17, 15) is 0 Å². The lowest BCUT2D eigenvalue weighted by atomic mass is 9.95. The summed E-state index contributed by atoms with van der Waals surface area (Å²) in [6.07, 6.45) is 6.47. The summed E-state index contributed by atoms with van der Waals surface area (Å²) in [7, 11) is 0. The maximum atomic E-state index is 6.27. The second-order valence-electron chi connectivity index (χ2n) is 6.03. The highest BCUT2D eigenvalue weighted by Gasteiger charge is 2.44. The molecule has 0 aliphatic carbocycles. The Balaban J connectivity index is 1.59. The molecule has 0 spiro atoms. The van der Waals surface area contributed by atoms with Crippen molar-refractivity contribution in [2.75, 3.05) is 19.7 Å². The summed E-state index contributed by atoms with van der Waals surface area (Å²) in [5.41, 5.74) is 0.654. The van der Waals surface area contributed by atoms with E-state index in [1.165, 1.54) is 38.8 Å². The molecule has 2 fully saturated rings. The molecule has 0 N–H and O–H groups in total. The largest absolute Gasteiger partial charge is 0.476 e. The van der Waals surface area contributed by atoms with Crippen molar-refractivity contribution >= 4 is 34.2 Å². The third kappa shape index (κ3) is 2.41. The van der Waals surface area contributed by atoms with E-state index in [1.807, 2.05) is 0 Å². The number of ether oxygens (including phenoxy) is 1. The molecule has 7 heteroatoms. The third-order valence-corrected chi connectivity index (χ3v) is 5.26. The number of rotatable bonds is 3. The number of nitrogens with zero attached hydrogens (tertiary/aromatic N) is 4. The van der Waals surface area contributed by atoms with E-state index in [-0.39, 0.29) is 10.8 Å². The van der Waals surface area contributed by atoms with Crippen LogP contribution in [0.2, 0.25) is 10.3 Å². The summed E-state index contributed by atoms with van der Waals surface area (Å²) < 4.78 is 5.98. The molecule has 2 aliphatic rings. The standard InChI is InChI=1S/C15H16Cl2N4O/c16-11-7-12(19-13-10(11)8-18-14(17)20-13)22-9-15-3-1-5-21(15)6-2-4-15/h7-8H,1-6,9H2. The predicted molar refractivity (Wildman–Crippen MR) is 85.6 cm³/mol. The molecule has 0 amide bonds. The van der Waals surface area contributed by atoms with Crippen molar-refractivity contribution in [3.8, 4) is 5.88 Å². The van der Waals surface area contributed by atoms with Gasteiger partial charge in [0, 0.05) is 12.3 Å². The first-order valence-corrected chi connectivity index (χ1v) is 8.29. The first-order valence-electron chi connectivity index (χ1n) is 7.53. The average Bonchev–Trinajstić information content (AvgIpc) is 3.04. The molecule has 2 aromatic rings. The second kappa shape index (κ2) is 5.48. The summed E-state index contributed by atoms with van der Waals surface area (Å²) in [5, 5.41) is 1.37. The molecule has 22 heavy (non-hydrogen) atoms. The van der Waals surface area contributed by atoms with Crippen LogP contribution in [0.15, 0.2) is 12.3 Å². The van der Waals surface area contributed by atoms with E-state index in [0.717, 1.165) is 0 Å². The summed E-state index contributed by atoms with van der Waals surface area (Å²) in [6, 6.07) is 1.73. The molecule has 0 atom stereocenters. The Morgan fingerprint density at radius 3 is 2.73 bits per heavy atom. The van der Waals surface area contributed by atoms with Crippen molar-refractivity contribution in [2.45, 2.75) is 31.2 Å². The minimum atomic E-state index is 0.157. The first kappa shape index (κ1) is 14.4. The number of hydrogen-bond donors (Lipinski definition) is 0. The van der Waals surface area contributed by atoms with Gasteiger partial charge in [-0.1, -0.05) is 11.6 Å². The van der Waals surface area contributed by atoms with Crippen molar-refractivity contribution in [2.24, 2.45) is 0 Å². The molecule has 5 nitrogen and oxygen atoms in total. The van der Waals surface area contributed by atoms with E-state index in [2.05, 4.69) is 19.9 Å². The lowest BCUT2D eigenvalue weighted by molar-refractivity contribution is 0.111. The van der Waals surface area contributed by atoms with Crippen molar-refractivity contribution < 1.29 is 4.74 Å². The van der Waals surface area contributed by atoms with Crippen LogP contribution in [0.5, 0.6) is 5.88 Å². The molecule has 0 aromatic carbocycles. The maximum absolute atomic E-state index is 6.27. The van der Waals surface area contributed by atoms with Crippen LogP contribution in [0.1, 0.15) is 25.7 Å². The van der Waals surface area contributed by atoms with Crippen LogP contribution >= 0.6 is 23.2 Å². The SMILES string of the molecule is Clc1ncc2c(Cl)cc(OCC34CCCN3CCC4)nc2n1. The predicted octanol–water partition coefficient (Wildman–Crippen LogP) is 3.34. The molecule has 0 radical (unpaired) electrons. The topological polar surface area (TPSA) is 51.1 Å². The van der Waals surface area contributed by atoms with Crippen LogP contribution in [0.25, 0.3) is 11.0 Å². The minimum absolute atomic E-state index is 0.157. The zero-order valence-corrected chi connectivity index (χ0v) is 13.6. The van der Waals surface area contributed by atoms with E-state index in [0.29, 0.717) is 28.5 Å². The van der Waals surface area contributed by atoms with Crippen LogP contribution in [0.3, 0.4) is 0 Å². The fourth-order valence-corrected chi connectivity index (χ4v) is 4.03. The van der Waals surface area contributed by atoms with Crippen molar-refractivity contribution in [3.05, 3.63) is 22.6 Å². The quantitative estimate of drug-likeness (QED) is 0.803. The lowest BCUT2D eigenvalue weighted by Crippen LogP contribution is -2.43. The average molecular weight is 339 g/mol. The Labute approximate surface area is 138 Å². The van der Waals surface area contributed by atoms with Crippen molar-refractivity contribution in [1.29, 1.82) is 0 Å². The molecule has 2 aromatic heterocycles. The molecule has 116 valence electrons. The Morgan fingerprint density at radius 2 is 1.95 bits per heavy atom. The molecular weight excluding hydrogens is 323 g/mol. The normalized spacial score (nSPS) is 20.5. The monoisotopic (exact) mass is 338 g/mol. The van der Waals surface area contributed by atoms with Crippen LogP contribution < -0.4 is 4.74 Å². The maximum Gasteiger partial charge on any atom is 0.224 e. The van der Waals surface area contributed by atoms with Crippen molar-refractivity contribution in [1.82, 2.24) is 19.9 Å². The fourth-order valence-electron chi connectivity index (χ4n) is 3.67. The number of fused-ring (bicyclic) bond motifs is 2. The van der Waals surface area contributed by atoms with Crippen LogP contribution in [0.4, 0.5) is 0 Å². The third-order valence-electron chi connectivity index (χ3n) is 4.76. The summed E-state index contributed by atoms with van der Waals surface area (Å²) in [6.45, 7) is 3.01. The summed E-state index contributed by atoms with van der Waals surface area (Å²) >= 11 is 12.1. The van der Waals surface area contributed by atoms with Crippen LogP contribution in [0, 0.1) is 0 Å². The molecule has 4 heterocycles. The van der Waals surface area contributed by atoms with E-state index in [1.54, 1.807) is 12.3 Å². The fraction of sp³-hybridized carbons (Fsp3) is 0.533. The first-order chi connectivity index (χ1) is 10.7. The zero-order chi connectivity index (χ0) is 15.2. The smallest absolute Gasteiger partial charge is 0.224 e. The van der Waals surface area contributed by atoms with Gasteiger partial charge in [-0.05, 0) is 50.4 Å². The van der Waals surface area contributed by atoms with Crippen molar-refractivity contribution in [3.63, 3.8) is 0 Å². The Hall–Kier alpha value is -1.17. The number of pyridine rings is 1. The molecule has 2 saturated heterocycles. The van der Waals surface area contributed by atoms with E-state index in [4.69, 9.17) is 27.9 Å². The van der Waals surface area contributed by atoms with E-state index >= 15 is 0 Å². The van der Waals surface area contributed by atoms with E-state index < -0.39 is 0 Å². The van der Waals surface area contributed by atoms with Gasteiger partial charge in [0.15, 0.2) is 5.65 Å². The van der Waals surface area contributed by atoms with Gasteiger partial charge >= 0.3 is 0 Å². The number of halogens is 2. The Bertz CT molecular complexity index is 714. The molecule has 0 saturated carbocycles. The van der Waals surface area contributed by atoms with Gasteiger partial charge in [-0.3, -0.25) is 4.90 Å². The van der Waals surface area contributed by atoms with Gasteiger partial charge in [0.05, 0.1) is 15.9 Å². The Morgan fingerprint density at radius 1 is 1.18 bits per heavy atom. The molecule has 0 unspecified atom stereocenters. The molecular formula is C15H16Cl2N4O. The highest BCUT2D eigenvalue weighted by Crippen LogP contribution is 2.39.